The minimum absolute atomic E-state index is 0.167. The van der Waals surface area contributed by atoms with E-state index in [2.05, 4.69) is 6.07 Å². The van der Waals surface area contributed by atoms with Gasteiger partial charge in [-0.25, -0.2) is 14.4 Å². The lowest BCUT2D eigenvalue weighted by Crippen LogP contribution is -2.08. The Morgan fingerprint density at radius 3 is 2.31 bits per heavy atom. The van der Waals surface area contributed by atoms with Crippen LogP contribution in [0.1, 0.15) is 33.8 Å². The van der Waals surface area contributed by atoms with E-state index in [1.807, 2.05) is 72.1 Å². The highest BCUT2D eigenvalue weighted by atomic mass is 19.1. The van der Waals surface area contributed by atoms with Gasteiger partial charge in [0.1, 0.15) is 5.82 Å². The third kappa shape index (κ3) is 4.96. The third-order valence-corrected chi connectivity index (χ3v) is 5.96. The van der Waals surface area contributed by atoms with Crippen molar-refractivity contribution in [2.24, 2.45) is 0 Å². The predicted octanol–water partition coefficient (Wildman–Crippen LogP) is 5.65. The van der Waals surface area contributed by atoms with E-state index in [0.717, 1.165) is 22.3 Å². The highest BCUT2D eigenvalue weighted by molar-refractivity contribution is 5.71. The molecule has 0 aliphatic heterocycles. The van der Waals surface area contributed by atoms with E-state index in [1.54, 1.807) is 6.07 Å². The van der Waals surface area contributed by atoms with Crippen molar-refractivity contribution in [1.82, 2.24) is 14.4 Å². The van der Waals surface area contributed by atoms with E-state index in [-0.39, 0.29) is 12.2 Å². The molecule has 35 heavy (non-hydrogen) atoms. The number of imidazole rings is 1. The monoisotopic (exact) mass is 465 g/mol. The fourth-order valence-corrected chi connectivity index (χ4v) is 4.40. The molecule has 1 N–H and O–H groups in total. The molecule has 5 nitrogen and oxygen atoms in total. The average Bonchev–Trinajstić information content (AvgIpc) is 3.16. The summed E-state index contributed by atoms with van der Waals surface area (Å²) in [6.45, 7) is 2.03. The standard InChI is InChI=1S/C29H24FN3O2/c1-19-7-5-8-20(13-19)15-24-27(17-28(34)35)33-18-26(22-10-3-2-4-11-22)31-25(29(33)32-24)16-21-9-6-12-23(30)14-21/h2-14,18H,15-17H2,1H3,(H,34,35). The first kappa shape index (κ1) is 22.5. The van der Waals surface area contributed by atoms with Crippen LogP contribution >= 0.6 is 0 Å². The van der Waals surface area contributed by atoms with Crippen LogP contribution in [0, 0.1) is 12.7 Å². The average molecular weight is 466 g/mol. The first-order valence-corrected chi connectivity index (χ1v) is 11.4. The summed E-state index contributed by atoms with van der Waals surface area (Å²) < 4.78 is 15.8. The maximum atomic E-state index is 13.9. The Morgan fingerprint density at radius 1 is 0.886 bits per heavy atom. The molecule has 0 saturated heterocycles. The Labute approximate surface area is 202 Å². The molecule has 0 spiro atoms. The second-order valence-electron chi connectivity index (χ2n) is 8.68. The summed E-state index contributed by atoms with van der Waals surface area (Å²) in [5.41, 5.74) is 7.15. The number of nitrogens with zero attached hydrogens (tertiary/aromatic N) is 3. The van der Waals surface area contributed by atoms with Crippen LogP contribution in [-0.4, -0.2) is 25.4 Å². The maximum Gasteiger partial charge on any atom is 0.309 e. The molecule has 174 valence electrons. The summed E-state index contributed by atoms with van der Waals surface area (Å²) in [5, 5.41) is 9.70. The second-order valence-corrected chi connectivity index (χ2v) is 8.68. The van der Waals surface area contributed by atoms with Gasteiger partial charge in [0.2, 0.25) is 0 Å². The first-order valence-electron chi connectivity index (χ1n) is 11.4. The molecule has 0 aliphatic carbocycles. The molecule has 2 heterocycles. The number of halogens is 1. The van der Waals surface area contributed by atoms with Gasteiger partial charge in [0.05, 0.1) is 29.2 Å². The van der Waals surface area contributed by atoms with Gasteiger partial charge in [-0.05, 0) is 30.2 Å². The van der Waals surface area contributed by atoms with Crippen LogP contribution < -0.4 is 0 Å². The number of aromatic nitrogens is 3. The summed E-state index contributed by atoms with van der Waals surface area (Å²) in [5.74, 6) is -1.24. The minimum atomic E-state index is -0.929. The smallest absolute Gasteiger partial charge is 0.309 e. The quantitative estimate of drug-likeness (QED) is 0.337. The van der Waals surface area contributed by atoms with Gasteiger partial charge in [0.25, 0.3) is 0 Å². The summed E-state index contributed by atoms with van der Waals surface area (Å²) in [6.07, 6.45) is 2.56. The molecule has 0 fully saturated rings. The molecule has 0 saturated carbocycles. The lowest BCUT2D eigenvalue weighted by Gasteiger charge is -2.10. The molecule has 0 atom stereocenters. The van der Waals surface area contributed by atoms with Crippen molar-refractivity contribution in [3.63, 3.8) is 0 Å². The van der Waals surface area contributed by atoms with Gasteiger partial charge in [0, 0.05) is 24.6 Å². The molecule has 5 rings (SSSR count). The zero-order valence-electron chi connectivity index (χ0n) is 19.3. The van der Waals surface area contributed by atoms with Crippen LogP contribution in [0.25, 0.3) is 16.9 Å². The van der Waals surface area contributed by atoms with Crippen LogP contribution in [-0.2, 0) is 24.1 Å². The van der Waals surface area contributed by atoms with Crippen molar-refractivity contribution in [1.29, 1.82) is 0 Å². The number of hydrogen-bond donors (Lipinski definition) is 1. The summed E-state index contributed by atoms with van der Waals surface area (Å²) >= 11 is 0. The van der Waals surface area contributed by atoms with E-state index < -0.39 is 5.97 Å². The molecular weight excluding hydrogens is 441 g/mol. The van der Waals surface area contributed by atoms with E-state index in [0.29, 0.717) is 41.3 Å². The predicted molar refractivity (Wildman–Crippen MR) is 133 cm³/mol. The van der Waals surface area contributed by atoms with Gasteiger partial charge in [-0.15, -0.1) is 0 Å². The van der Waals surface area contributed by atoms with Crippen LogP contribution in [0.2, 0.25) is 0 Å². The maximum absolute atomic E-state index is 13.9. The number of carboxylic acid groups (broad SMARTS) is 1. The van der Waals surface area contributed by atoms with Gasteiger partial charge in [-0.3, -0.25) is 9.20 Å². The minimum Gasteiger partial charge on any atom is -0.481 e. The highest BCUT2D eigenvalue weighted by Crippen LogP contribution is 2.26. The number of aliphatic carboxylic acids is 1. The normalized spacial score (nSPS) is 11.1. The third-order valence-electron chi connectivity index (χ3n) is 5.96. The van der Waals surface area contributed by atoms with Gasteiger partial charge < -0.3 is 5.11 Å². The van der Waals surface area contributed by atoms with Gasteiger partial charge >= 0.3 is 5.97 Å². The van der Waals surface area contributed by atoms with Crippen molar-refractivity contribution in [2.45, 2.75) is 26.2 Å². The molecule has 5 aromatic rings. The summed E-state index contributed by atoms with van der Waals surface area (Å²) in [6, 6.07) is 24.3. The van der Waals surface area contributed by atoms with E-state index >= 15 is 0 Å². The number of benzene rings is 3. The number of rotatable bonds is 7. The van der Waals surface area contributed by atoms with E-state index in [1.165, 1.54) is 12.1 Å². The van der Waals surface area contributed by atoms with Crippen molar-refractivity contribution in [3.8, 4) is 11.3 Å². The molecule has 0 amide bonds. The van der Waals surface area contributed by atoms with Gasteiger partial charge in [-0.2, -0.15) is 0 Å². The number of hydrogen-bond acceptors (Lipinski definition) is 3. The van der Waals surface area contributed by atoms with Crippen molar-refractivity contribution >= 4 is 11.6 Å². The van der Waals surface area contributed by atoms with Crippen LogP contribution in [0.3, 0.4) is 0 Å². The van der Waals surface area contributed by atoms with E-state index in [9.17, 15) is 14.3 Å². The summed E-state index contributed by atoms with van der Waals surface area (Å²) in [4.78, 5) is 21.6. The SMILES string of the molecule is Cc1cccc(Cc2nc3c(Cc4cccc(F)c4)nc(-c4ccccc4)cn3c2CC(=O)O)c1. The van der Waals surface area contributed by atoms with Crippen molar-refractivity contribution < 1.29 is 14.3 Å². The summed E-state index contributed by atoms with van der Waals surface area (Å²) in [7, 11) is 0. The zero-order chi connectivity index (χ0) is 24.4. The number of carboxylic acids is 1. The Morgan fingerprint density at radius 2 is 1.60 bits per heavy atom. The Hall–Kier alpha value is -4.32. The van der Waals surface area contributed by atoms with Gasteiger partial charge in [0.15, 0.2) is 5.65 Å². The van der Waals surface area contributed by atoms with Crippen molar-refractivity contribution in [3.05, 3.63) is 125 Å². The molecule has 0 unspecified atom stereocenters. The fraction of sp³-hybridized carbons (Fsp3) is 0.138. The number of fused-ring (bicyclic) bond motifs is 1. The molecule has 0 radical (unpaired) electrons. The molecule has 3 aromatic carbocycles. The van der Waals surface area contributed by atoms with Crippen LogP contribution in [0.5, 0.6) is 0 Å². The van der Waals surface area contributed by atoms with Crippen LogP contribution in [0.4, 0.5) is 4.39 Å². The van der Waals surface area contributed by atoms with Crippen molar-refractivity contribution in [2.75, 3.05) is 0 Å². The topological polar surface area (TPSA) is 67.5 Å². The van der Waals surface area contributed by atoms with E-state index in [4.69, 9.17) is 9.97 Å². The fourth-order valence-electron chi connectivity index (χ4n) is 4.40. The molecule has 0 bridgehead atoms. The van der Waals surface area contributed by atoms with Gasteiger partial charge in [-0.1, -0.05) is 72.3 Å². The number of carbonyl (C=O) groups is 1. The molecule has 0 aliphatic rings. The largest absolute Gasteiger partial charge is 0.481 e. The molecule has 6 heteroatoms. The zero-order valence-corrected chi connectivity index (χ0v) is 19.3. The Balaban J connectivity index is 1.71. The number of aryl methyl sites for hydroxylation is 1. The lowest BCUT2D eigenvalue weighted by atomic mass is 10.1. The lowest BCUT2D eigenvalue weighted by molar-refractivity contribution is -0.136. The molecular formula is C29H24FN3O2. The molecule has 2 aromatic heterocycles. The Bertz CT molecular complexity index is 1530. The first-order chi connectivity index (χ1) is 17.0. The Kier molecular flexibility index (Phi) is 6.10. The second kappa shape index (κ2) is 9.50. The highest BCUT2D eigenvalue weighted by Gasteiger charge is 2.20. The van der Waals surface area contributed by atoms with Crippen LogP contribution in [0.15, 0.2) is 85.1 Å².